The van der Waals surface area contributed by atoms with Crippen molar-refractivity contribution in [1.29, 1.82) is 0 Å². The number of piperidine rings is 2. The van der Waals surface area contributed by atoms with Crippen LogP contribution in [-0.4, -0.2) is 30.9 Å². The topological polar surface area (TPSA) is 44.1 Å². The maximum absolute atomic E-state index is 10.6. The number of nitrogens with one attached hydrogen (secondary N) is 1. The van der Waals surface area contributed by atoms with Crippen molar-refractivity contribution in [3.05, 3.63) is 5.73 Å². The Bertz CT molecular complexity index is 198. The maximum atomic E-state index is 10.6. The van der Waals surface area contributed by atoms with E-state index in [1.165, 1.54) is 6.42 Å². The zero-order chi connectivity index (χ0) is 8.72. The molecule has 3 aliphatic rings. The molecule has 1 amide bonds. The van der Waals surface area contributed by atoms with E-state index in [0.717, 1.165) is 13.1 Å². The minimum Gasteiger partial charge on any atom is -0.668 e. The van der Waals surface area contributed by atoms with Crippen molar-refractivity contribution in [2.24, 2.45) is 17.8 Å². The Hall–Kier alpha value is 0.534. The monoisotopic (exact) mass is 256 g/mol. The molecule has 1 saturated carbocycles. The van der Waals surface area contributed by atoms with Crippen LogP contribution in [0.25, 0.3) is 5.73 Å². The molecule has 0 spiro atoms. The van der Waals surface area contributed by atoms with Crippen molar-refractivity contribution in [2.75, 3.05) is 20.1 Å². The van der Waals surface area contributed by atoms with Gasteiger partial charge in [-0.05, 0) is 37.6 Å². The molecular formula is C9H15N2OY-. The van der Waals surface area contributed by atoms with Crippen LogP contribution in [0.15, 0.2) is 0 Å². The third-order valence-corrected chi connectivity index (χ3v) is 3.33. The predicted molar refractivity (Wildman–Crippen MR) is 46.5 cm³/mol. The third kappa shape index (κ3) is 2.31. The van der Waals surface area contributed by atoms with Crippen molar-refractivity contribution in [3.63, 3.8) is 0 Å². The van der Waals surface area contributed by atoms with Crippen LogP contribution < -0.4 is 0 Å². The van der Waals surface area contributed by atoms with Gasteiger partial charge >= 0.3 is 0 Å². The molecule has 2 atom stereocenters. The van der Waals surface area contributed by atoms with Crippen LogP contribution in [0.3, 0.4) is 0 Å². The van der Waals surface area contributed by atoms with Crippen LogP contribution in [-0.2, 0) is 37.5 Å². The number of carbonyl (C=O) groups is 1. The predicted octanol–water partition coefficient (Wildman–Crippen LogP) is 1.15. The third-order valence-electron chi connectivity index (χ3n) is 3.33. The van der Waals surface area contributed by atoms with Crippen LogP contribution in [0.5, 0.6) is 0 Å². The molecular weight excluding hydrogens is 241 g/mol. The van der Waals surface area contributed by atoms with E-state index in [-0.39, 0.29) is 38.6 Å². The van der Waals surface area contributed by atoms with Gasteiger partial charge in [0.1, 0.15) is 0 Å². The number of carbonyl (C=O) groups excluding carboxylic acids is 1. The summed E-state index contributed by atoms with van der Waals surface area (Å²) >= 11 is 0. The van der Waals surface area contributed by atoms with Crippen LogP contribution in [0.4, 0.5) is 0 Å². The molecule has 4 heteroatoms. The Labute approximate surface area is 104 Å². The van der Waals surface area contributed by atoms with Crippen molar-refractivity contribution in [3.8, 4) is 0 Å². The quantitative estimate of drug-likeness (QED) is 0.743. The van der Waals surface area contributed by atoms with Gasteiger partial charge in [0.05, 0.1) is 0 Å². The molecule has 3 fully saturated rings. The molecule has 13 heavy (non-hydrogen) atoms. The summed E-state index contributed by atoms with van der Waals surface area (Å²) in [7, 11) is 2.14. The van der Waals surface area contributed by atoms with Gasteiger partial charge in [0.15, 0.2) is 0 Å². The second kappa shape index (κ2) is 4.37. The van der Waals surface area contributed by atoms with Crippen LogP contribution in [0.2, 0.25) is 0 Å². The Kier molecular flexibility index (Phi) is 3.90. The van der Waals surface area contributed by atoms with Gasteiger partial charge in [0.25, 0.3) is 0 Å². The summed E-state index contributed by atoms with van der Waals surface area (Å²) in [5.41, 5.74) is 6.92. The summed E-state index contributed by atoms with van der Waals surface area (Å²) in [6.07, 6.45) is 1.80. The van der Waals surface area contributed by atoms with Gasteiger partial charge in [-0.15, -0.1) is 0 Å². The zero-order valence-electron chi connectivity index (χ0n) is 7.99. The first kappa shape index (κ1) is 11.6. The molecule has 2 bridgehead atoms. The second-order valence-electron chi connectivity index (χ2n) is 4.27. The Morgan fingerprint density at radius 1 is 1.46 bits per heavy atom. The summed E-state index contributed by atoms with van der Waals surface area (Å²) in [4.78, 5) is 12.9. The summed E-state index contributed by atoms with van der Waals surface area (Å²) in [5, 5.41) is 0. The minimum absolute atomic E-state index is 0. The fraction of sp³-hybridized carbons (Fsp3) is 0.889. The van der Waals surface area contributed by atoms with Crippen molar-refractivity contribution < 1.29 is 37.5 Å². The first-order valence-electron chi connectivity index (χ1n) is 4.60. The Balaban J connectivity index is 0.000000845. The summed E-state index contributed by atoms with van der Waals surface area (Å²) in [5.74, 6) is 1.59. The molecule has 1 N–H and O–H groups in total. The first-order valence-corrected chi connectivity index (χ1v) is 4.60. The fourth-order valence-electron chi connectivity index (χ4n) is 2.77. The van der Waals surface area contributed by atoms with Crippen LogP contribution in [0, 0.1) is 17.8 Å². The van der Waals surface area contributed by atoms with Crippen LogP contribution >= 0.6 is 0 Å². The van der Waals surface area contributed by atoms with Gasteiger partial charge in [-0.1, -0.05) is 0 Å². The molecule has 1 radical (unpaired) electrons. The van der Waals surface area contributed by atoms with Crippen molar-refractivity contribution in [1.82, 2.24) is 4.90 Å². The zero-order valence-corrected chi connectivity index (χ0v) is 10.8. The number of hydrogen-bond acceptors (Lipinski definition) is 2. The van der Waals surface area contributed by atoms with E-state index in [1.54, 1.807) is 0 Å². The van der Waals surface area contributed by atoms with Crippen molar-refractivity contribution >= 4 is 5.91 Å². The van der Waals surface area contributed by atoms with E-state index in [1.807, 2.05) is 0 Å². The van der Waals surface area contributed by atoms with Crippen molar-refractivity contribution in [2.45, 2.75) is 12.8 Å². The van der Waals surface area contributed by atoms with E-state index >= 15 is 0 Å². The smallest absolute Gasteiger partial charge is 0.0490 e. The number of rotatable bonds is 2. The van der Waals surface area contributed by atoms with E-state index in [9.17, 15) is 4.79 Å². The molecule has 2 saturated heterocycles. The molecule has 3 nitrogen and oxygen atoms in total. The Morgan fingerprint density at radius 3 is 2.46 bits per heavy atom. The first-order chi connectivity index (χ1) is 5.66. The summed E-state index contributed by atoms with van der Waals surface area (Å²) in [6, 6.07) is 0. The molecule has 2 heterocycles. The molecule has 2 aliphatic heterocycles. The van der Waals surface area contributed by atoms with Crippen LogP contribution in [0.1, 0.15) is 12.8 Å². The average Bonchev–Trinajstić information content (AvgIpc) is 2.00. The fourth-order valence-corrected chi connectivity index (χ4v) is 2.77. The largest absolute Gasteiger partial charge is 0.668 e. The van der Waals surface area contributed by atoms with E-state index in [2.05, 4.69) is 11.9 Å². The molecule has 2 unspecified atom stereocenters. The summed E-state index contributed by atoms with van der Waals surface area (Å²) in [6.45, 7) is 2.27. The normalized spacial score (nSPS) is 37.5. The molecule has 0 aromatic carbocycles. The van der Waals surface area contributed by atoms with E-state index in [0.29, 0.717) is 24.2 Å². The molecule has 1 aliphatic carbocycles. The van der Waals surface area contributed by atoms with Gasteiger partial charge in [-0.25, -0.2) is 0 Å². The number of nitrogens with zero attached hydrogens (tertiary/aromatic N) is 1. The van der Waals surface area contributed by atoms with Gasteiger partial charge in [-0.2, -0.15) is 0 Å². The Morgan fingerprint density at radius 2 is 2.00 bits per heavy atom. The maximum Gasteiger partial charge on any atom is 0.0490 e. The van der Waals surface area contributed by atoms with Gasteiger partial charge in [0.2, 0.25) is 0 Å². The average molecular weight is 256 g/mol. The standard InChI is InChI=1S/C9H16N2O.Y/c1-11-4-6-2-7(5-11)8(6)3-9(10)12;/h6-8H,2-5H2,1H3,(H2,10,12);/p-1. The van der Waals surface area contributed by atoms with E-state index in [4.69, 9.17) is 5.73 Å². The second-order valence-corrected chi connectivity index (χ2v) is 4.27. The summed E-state index contributed by atoms with van der Waals surface area (Å²) < 4.78 is 0. The molecule has 71 valence electrons. The number of hydrogen-bond donors (Lipinski definition) is 0. The SMILES string of the molecule is CN1CC2CC(C1)C2CC([NH-])=O.[Y]. The number of amides is 1. The molecule has 0 aromatic heterocycles. The number of fused-ring (bicyclic) bond motifs is 2. The van der Waals surface area contributed by atoms with Gasteiger partial charge in [-0.3, -0.25) is 0 Å². The molecule has 0 aromatic rings. The molecule has 3 rings (SSSR count). The van der Waals surface area contributed by atoms with Gasteiger partial charge < -0.3 is 15.4 Å². The van der Waals surface area contributed by atoms with Gasteiger partial charge in [0, 0.05) is 51.7 Å². The van der Waals surface area contributed by atoms with E-state index < -0.39 is 0 Å². The minimum atomic E-state index is -0.376.